The van der Waals surface area contributed by atoms with Gasteiger partial charge in [-0.05, 0) is 50.9 Å². The van der Waals surface area contributed by atoms with Gasteiger partial charge in [0.1, 0.15) is 5.75 Å². The van der Waals surface area contributed by atoms with Gasteiger partial charge in [0.15, 0.2) is 0 Å². The highest BCUT2D eigenvalue weighted by atomic mass is 32.2. The largest absolute Gasteiger partial charge is 0.493 e. The third kappa shape index (κ3) is 4.40. The zero-order valence-electron chi connectivity index (χ0n) is 13.7. The minimum Gasteiger partial charge on any atom is -0.493 e. The monoisotopic (exact) mass is 307 g/mol. The van der Waals surface area contributed by atoms with Crippen LogP contribution in [0.15, 0.2) is 23.1 Å². The highest BCUT2D eigenvalue weighted by Crippen LogP contribution is 2.37. The number of nitrogens with zero attached hydrogens (tertiary/aromatic N) is 1. The molecular formula is C18H29NOS. The Bertz CT molecular complexity index is 429. The first kappa shape index (κ1) is 16.7. The van der Waals surface area contributed by atoms with Gasteiger partial charge in [-0.1, -0.05) is 26.8 Å². The Labute approximate surface area is 134 Å². The molecule has 0 radical (unpaired) electrons. The second-order valence-corrected chi connectivity index (χ2v) is 6.85. The average Bonchev–Trinajstić information content (AvgIpc) is 2.52. The molecule has 21 heavy (non-hydrogen) atoms. The first-order chi connectivity index (χ1) is 10.3. The molecule has 1 aromatic carbocycles. The van der Waals surface area contributed by atoms with Gasteiger partial charge in [0.25, 0.3) is 0 Å². The van der Waals surface area contributed by atoms with Crippen molar-refractivity contribution < 1.29 is 4.74 Å². The highest BCUT2D eigenvalue weighted by molar-refractivity contribution is 7.99. The van der Waals surface area contributed by atoms with E-state index in [0.717, 1.165) is 25.2 Å². The molecule has 1 atom stereocenters. The SMILES string of the molecule is CCCOc1cccc2c1CC(N(CCC)CCC)CS2. The van der Waals surface area contributed by atoms with E-state index in [2.05, 4.69) is 43.9 Å². The van der Waals surface area contributed by atoms with E-state index in [-0.39, 0.29) is 0 Å². The molecule has 1 aliphatic rings. The van der Waals surface area contributed by atoms with Gasteiger partial charge in [-0.3, -0.25) is 4.90 Å². The Balaban J connectivity index is 2.13. The van der Waals surface area contributed by atoms with Gasteiger partial charge >= 0.3 is 0 Å². The summed E-state index contributed by atoms with van der Waals surface area (Å²) >= 11 is 2.00. The molecule has 0 aliphatic carbocycles. The average molecular weight is 308 g/mol. The molecule has 3 heteroatoms. The number of benzene rings is 1. The van der Waals surface area contributed by atoms with Crippen LogP contribution < -0.4 is 4.74 Å². The lowest BCUT2D eigenvalue weighted by atomic mass is 10.0. The fourth-order valence-electron chi connectivity index (χ4n) is 3.00. The van der Waals surface area contributed by atoms with Crippen LogP contribution in [0.3, 0.4) is 0 Å². The lowest BCUT2D eigenvalue weighted by molar-refractivity contribution is 0.207. The van der Waals surface area contributed by atoms with Crippen molar-refractivity contribution in [3.05, 3.63) is 23.8 Å². The molecule has 0 N–H and O–H groups in total. The van der Waals surface area contributed by atoms with E-state index in [1.54, 1.807) is 0 Å². The third-order valence-electron chi connectivity index (χ3n) is 3.96. The van der Waals surface area contributed by atoms with E-state index in [1.165, 1.54) is 42.1 Å². The van der Waals surface area contributed by atoms with Crippen molar-refractivity contribution in [2.24, 2.45) is 0 Å². The maximum Gasteiger partial charge on any atom is 0.123 e. The van der Waals surface area contributed by atoms with Crippen molar-refractivity contribution in [2.45, 2.75) is 57.4 Å². The molecule has 0 fully saturated rings. The van der Waals surface area contributed by atoms with Crippen LogP contribution in [0.25, 0.3) is 0 Å². The van der Waals surface area contributed by atoms with E-state index in [0.29, 0.717) is 6.04 Å². The number of fused-ring (bicyclic) bond motifs is 1. The maximum absolute atomic E-state index is 5.97. The first-order valence-corrected chi connectivity index (χ1v) is 9.40. The topological polar surface area (TPSA) is 12.5 Å². The fraction of sp³-hybridized carbons (Fsp3) is 0.667. The van der Waals surface area contributed by atoms with Crippen molar-refractivity contribution in [1.82, 2.24) is 4.90 Å². The van der Waals surface area contributed by atoms with Gasteiger partial charge in [0.2, 0.25) is 0 Å². The summed E-state index contributed by atoms with van der Waals surface area (Å²) < 4.78 is 5.97. The van der Waals surface area contributed by atoms with Crippen LogP contribution in [0, 0.1) is 0 Å². The predicted octanol–water partition coefficient (Wildman–Crippen LogP) is 4.61. The lowest BCUT2D eigenvalue weighted by Gasteiger charge is -2.35. The van der Waals surface area contributed by atoms with Crippen LogP contribution in [0.4, 0.5) is 0 Å². The molecule has 0 spiro atoms. The molecule has 0 bridgehead atoms. The molecule has 2 nitrogen and oxygen atoms in total. The molecule has 1 aliphatic heterocycles. The maximum atomic E-state index is 5.97. The van der Waals surface area contributed by atoms with E-state index in [1.807, 2.05) is 11.8 Å². The van der Waals surface area contributed by atoms with Gasteiger partial charge in [0, 0.05) is 22.3 Å². The summed E-state index contributed by atoms with van der Waals surface area (Å²) in [4.78, 5) is 4.10. The van der Waals surface area contributed by atoms with Crippen molar-refractivity contribution in [3.8, 4) is 5.75 Å². The van der Waals surface area contributed by atoms with Crippen molar-refractivity contribution in [2.75, 3.05) is 25.4 Å². The standard InChI is InChI=1S/C18H29NOS/c1-4-10-19(11-5-2)15-13-16-17(20-12-6-3)8-7-9-18(16)21-14-15/h7-9,15H,4-6,10-14H2,1-3H3. The van der Waals surface area contributed by atoms with Crippen molar-refractivity contribution in [3.63, 3.8) is 0 Å². The molecule has 2 rings (SSSR count). The molecule has 0 saturated heterocycles. The molecule has 118 valence electrons. The Morgan fingerprint density at radius 1 is 1.14 bits per heavy atom. The highest BCUT2D eigenvalue weighted by Gasteiger charge is 2.26. The van der Waals surface area contributed by atoms with Gasteiger partial charge in [0.05, 0.1) is 6.61 Å². The molecule has 1 heterocycles. The van der Waals surface area contributed by atoms with Crippen LogP contribution in [0.1, 0.15) is 45.6 Å². The minimum atomic E-state index is 0.661. The van der Waals surface area contributed by atoms with E-state index >= 15 is 0 Å². The predicted molar refractivity (Wildman–Crippen MR) is 92.6 cm³/mol. The second kappa shape index (κ2) is 8.70. The fourth-order valence-corrected chi connectivity index (χ4v) is 4.23. The summed E-state index contributed by atoms with van der Waals surface area (Å²) in [6, 6.07) is 7.18. The summed E-state index contributed by atoms with van der Waals surface area (Å²) in [6.07, 6.45) is 4.68. The Morgan fingerprint density at radius 3 is 2.57 bits per heavy atom. The number of rotatable bonds is 8. The van der Waals surface area contributed by atoms with Gasteiger partial charge in [-0.15, -0.1) is 11.8 Å². The summed E-state index contributed by atoms with van der Waals surface area (Å²) in [6.45, 7) is 9.97. The zero-order chi connectivity index (χ0) is 15.1. The van der Waals surface area contributed by atoms with Gasteiger partial charge in [-0.2, -0.15) is 0 Å². The number of thioether (sulfide) groups is 1. The van der Waals surface area contributed by atoms with E-state index in [4.69, 9.17) is 4.74 Å². The minimum absolute atomic E-state index is 0.661. The first-order valence-electron chi connectivity index (χ1n) is 8.41. The van der Waals surface area contributed by atoms with Crippen LogP contribution in [0.5, 0.6) is 5.75 Å². The van der Waals surface area contributed by atoms with Gasteiger partial charge in [-0.25, -0.2) is 0 Å². The number of ether oxygens (including phenoxy) is 1. The van der Waals surface area contributed by atoms with Crippen LogP contribution in [-0.4, -0.2) is 36.4 Å². The van der Waals surface area contributed by atoms with E-state index < -0.39 is 0 Å². The molecule has 0 amide bonds. The lowest BCUT2D eigenvalue weighted by Crippen LogP contribution is -2.41. The molecule has 1 unspecified atom stereocenters. The third-order valence-corrected chi connectivity index (χ3v) is 5.21. The quantitative estimate of drug-likeness (QED) is 0.695. The Kier molecular flexibility index (Phi) is 6.91. The van der Waals surface area contributed by atoms with Crippen LogP contribution in [-0.2, 0) is 6.42 Å². The molecule has 0 saturated carbocycles. The number of hydrogen-bond donors (Lipinski definition) is 0. The Hall–Kier alpha value is -0.670. The molecule has 1 aromatic rings. The summed E-state index contributed by atoms with van der Waals surface area (Å²) in [5, 5.41) is 0. The van der Waals surface area contributed by atoms with Gasteiger partial charge < -0.3 is 4.74 Å². The number of hydrogen-bond acceptors (Lipinski definition) is 3. The second-order valence-electron chi connectivity index (χ2n) is 5.79. The van der Waals surface area contributed by atoms with Crippen LogP contribution >= 0.6 is 11.8 Å². The van der Waals surface area contributed by atoms with Crippen molar-refractivity contribution >= 4 is 11.8 Å². The zero-order valence-corrected chi connectivity index (χ0v) is 14.5. The molecule has 0 aromatic heterocycles. The summed E-state index contributed by atoms with van der Waals surface area (Å²) in [5.74, 6) is 2.32. The normalized spacial score (nSPS) is 17.8. The summed E-state index contributed by atoms with van der Waals surface area (Å²) in [7, 11) is 0. The van der Waals surface area contributed by atoms with Crippen molar-refractivity contribution in [1.29, 1.82) is 0 Å². The smallest absolute Gasteiger partial charge is 0.123 e. The Morgan fingerprint density at radius 2 is 1.90 bits per heavy atom. The summed E-state index contributed by atoms with van der Waals surface area (Å²) in [5.41, 5.74) is 1.43. The van der Waals surface area contributed by atoms with E-state index in [9.17, 15) is 0 Å². The van der Waals surface area contributed by atoms with Crippen LogP contribution in [0.2, 0.25) is 0 Å². The molecular weight excluding hydrogens is 278 g/mol.